The first-order valence-corrected chi connectivity index (χ1v) is 47.1. The first-order valence-electron chi connectivity index (χ1n) is 43.7. The van der Waals surface area contributed by atoms with Crippen molar-refractivity contribution in [3.8, 4) is 0 Å². The summed E-state index contributed by atoms with van der Waals surface area (Å²) >= 11 is 0. The van der Waals surface area contributed by atoms with E-state index in [0.717, 1.165) is 162 Å². The molecule has 4 saturated heterocycles. The van der Waals surface area contributed by atoms with Crippen molar-refractivity contribution in [2.24, 2.45) is 5.73 Å². The van der Waals surface area contributed by atoms with E-state index in [9.17, 15) is 50.4 Å². The van der Waals surface area contributed by atoms with Crippen LogP contribution in [0, 0.1) is 55.4 Å². The molecule has 0 atom stereocenters. The molecule has 0 bridgehead atoms. The summed E-state index contributed by atoms with van der Waals surface area (Å²) in [7, 11) is -3.70. The van der Waals surface area contributed by atoms with Crippen molar-refractivity contribution in [2.45, 2.75) is 160 Å². The van der Waals surface area contributed by atoms with Gasteiger partial charge in [-0.1, -0.05) is 3.97 Å². The van der Waals surface area contributed by atoms with Gasteiger partial charge in [-0.25, -0.2) is 67.4 Å². The van der Waals surface area contributed by atoms with Gasteiger partial charge in [0, 0.05) is 152 Å². The Hall–Kier alpha value is -11.6. The van der Waals surface area contributed by atoms with Gasteiger partial charge in [-0.05, 0) is 243 Å². The van der Waals surface area contributed by atoms with E-state index < -0.39 is 67.8 Å². The number of sulfonamides is 1. The van der Waals surface area contributed by atoms with Crippen LogP contribution in [-0.2, 0) is 53.6 Å². The minimum atomic E-state index is -4.00. The van der Waals surface area contributed by atoms with Gasteiger partial charge in [0.1, 0.15) is 78.5 Å². The quantitative estimate of drug-likeness (QED) is 0.0484. The molecule has 0 unspecified atom stereocenters. The molecule has 4 aromatic carbocycles. The number of rotatable bonds is 15. The number of aliphatic carboxylic acids is 1. The number of nitrogens with two attached hydrogens (primary N) is 1. The molecule has 0 aliphatic carbocycles. The lowest BCUT2D eigenvalue weighted by atomic mass is 10.1. The van der Waals surface area contributed by atoms with Crippen molar-refractivity contribution in [2.75, 3.05) is 176 Å². The number of anilines is 5. The van der Waals surface area contributed by atoms with Crippen LogP contribution < -0.4 is 72.0 Å². The number of hydrogen-bond donors (Lipinski definition) is 7. The molecule has 8 N–H and O–H groups in total. The standard InChI is InChI=1S/C22H31N5O3.C18H25N5O3S.C17H23N5O.C15H20N4.C12H19N3O4S.C7H13NO4.2ClH/c1-15-11-17-18(12-16(15)2)24-14-25-20(17)27-8-6-7-26(9-10-27)19(28)13-23-21(29)30-22(3,4)5;1-13-9-15-16(10-14(13)2)19-12-20-18(15)23-6-4-5-22(7-8-23)17(24)11-21-27(3,25)26;1-12-8-14-15(9-13(12)2)19-11-20-17(14)22-5-3-4-21(6-7-22)16(23)10-18;1-11-8-13-14(9-12(11)2)17-10-18-15(13)19-6-3-4-16-5-7-19;1-12(2,3)19-11(16)13-20(17,18)15-8-6-10(7-9-15)14(4)5;1-7(2,3)12-6(11)8-4-5(9)10;;/h11-12,14H,6-10,13H2,1-5H3,(H,23,29);9-10,12,21H,4-8,11H2,1-3H3;8-9,11H,3-7,10,18H2,1-2H3;8-10,16H,3-7H2,1-2H3;6-9H,1-5H3;4H2,1-3H3,(H,8,11)(H,9,10);2*1H. The number of ether oxygens (including phenoxy) is 3. The third-order valence-electron chi connectivity index (χ3n) is 21.4. The highest BCUT2D eigenvalue weighted by Gasteiger charge is 2.31. The molecule has 0 spiro atoms. The second-order valence-corrected chi connectivity index (χ2v) is 39.1. The van der Waals surface area contributed by atoms with E-state index in [4.69, 9.17) is 25.1 Å². The summed E-state index contributed by atoms with van der Waals surface area (Å²) in [4.78, 5) is 133. The maximum absolute atomic E-state index is 12.6. The van der Waals surface area contributed by atoms with E-state index in [1.165, 1.54) is 62.3 Å². The van der Waals surface area contributed by atoms with Crippen LogP contribution >= 0.6 is 12.4 Å². The zero-order valence-corrected chi connectivity index (χ0v) is 83.4. The highest BCUT2D eigenvalue weighted by Crippen LogP contribution is 2.32. The molecule has 728 valence electrons. The number of carboxylic acid groups (broad SMARTS) is 1. The average molecular weight is 1920 g/mol. The van der Waals surface area contributed by atoms with Gasteiger partial charge in [-0.2, -0.15) is 4.72 Å². The van der Waals surface area contributed by atoms with Gasteiger partial charge < -0.3 is 92.6 Å². The van der Waals surface area contributed by atoms with Crippen molar-refractivity contribution in [1.29, 1.82) is 0 Å². The van der Waals surface area contributed by atoms with E-state index in [1.54, 1.807) is 110 Å². The lowest BCUT2D eigenvalue weighted by Gasteiger charge is -2.24. The molecule has 9 aromatic rings. The number of halogens is 2. The maximum Gasteiger partial charge on any atom is 0.474 e. The normalized spacial score (nSPS) is 14.5. The molecule has 4 aliphatic rings. The Bertz CT molecular complexity index is 5720. The van der Waals surface area contributed by atoms with Crippen LogP contribution in [0.25, 0.3) is 43.6 Å². The molecule has 4 fully saturated rings. The monoisotopic (exact) mass is 1920 g/mol. The van der Waals surface area contributed by atoms with Crippen LogP contribution in [0.2, 0.25) is 0 Å². The number of amides is 6. The predicted molar refractivity (Wildman–Crippen MR) is 516 cm³/mol. The molecule has 133 heavy (non-hydrogen) atoms. The van der Waals surface area contributed by atoms with E-state index in [-0.39, 0.29) is 62.2 Å². The summed E-state index contributed by atoms with van der Waals surface area (Å²) in [5, 5.41) is 20.5. The van der Waals surface area contributed by atoms with Crippen LogP contribution in [0.3, 0.4) is 0 Å². The molecular formula is C91H133Cl2N23O15S2. The number of benzene rings is 4. The van der Waals surface area contributed by atoms with Gasteiger partial charge >= 0.3 is 34.5 Å². The Balaban J connectivity index is 0.000000249. The zero-order chi connectivity index (χ0) is 96.5. The van der Waals surface area contributed by atoms with Crippen molar-refractivity contribution in [3.05, 3.63) is 143 Å². The lowest BCUT2D eigenvalue weighted by molar-refractivity contribution is -0.512. The molecule has 42 heteroatoms. The van der Waals surface area contributed by atoms with Crippen molar-refractivity contribution in [1.82, 2.24) is 80.0 Å². The van der Waals surface area contributed by atoms with E-state index in [2.05, 4.69) is 184 Å². The summed E-state index contributed by atoms with van der Waals surface area (Å²) in [6.45, 7) is 44.2. The van der Waals surface area contributed by atoms with Crippen LogP contribution in [0.15, 0.2) is 98.4 Å². The van der Waals surface area contributed by atoms with Crippen molar-refractivity contribution < 1.29 is 86.1 Å². The summed E-state index contributed by atoms with van der Waals surface area (Å²) < 4.78 is 66.2. The molecular weight excluding hydrogens is 1790 g/mol. The van der Waals surface area contributed by atoms with Gasteiger partial charge in [0.2, 0.25) is 27.7 Å². The molecule has 9 heterocycles. The second-order valence-electron chi connectivity index (χ2n) is 35.7. The molecule has 6 amide bonds. The Kier molecular flexibility index (Phi) is 41.4. The predicted octanol–water partition coefficient (Wildman–Crippen LogP) is 5.61. The third-order valence-corrected chi connectivity index (χ3v) is 23.3. The number of aryl methyl sites for hydroxylation is 8. The Morgan fingerprint density at radius 3 is 1.08 bits per heavy atom. The maximum atomic E-state index is 12.6. The highest BCUT2D eigenvalue weighted by molar-refractivity contribution is 7.88. The first-order chi connectivity index (χ1) is 61.6. The number of aromatic nitrogens is 9. The Morgan fingerprint density at radius 1 is 0.436 bits per heavy atom. The van der Waals surface area contributed by atoms with Gasteiger partial charge in [0.25, 0.3) is 0 Å². The lowest BCUT2D eigenvalue weighted by Crippen LogP contribution is -3.00. The highest BCUT2D eigenvalue weighted by atomic mass is 35.5. The largest absolute Gasteiger partial charge is 1.00 e. The average Bonchev–Trinajstić information content (AvgIpc) is 1.76. The number of nitrogens with one attached hydrogen (secondary N) is 5. The van der Waals surface area contributed by atoms with Gasteiger partial charge in [-0.3, -0.25) is 19.2 Å². The minimum Gasteiger partial charge on any atom is -1.00 e. The second kappa shape index (κ2) is 50.0. The summed E-state index contributed by atoms with van der Waals surface area (Å²) in [6.07, 6.45) is 11.6. The minimum absolute atomic E-state index is 0. The fourth-order valence-electron chi connectivity index (χ4n) is 14.2. The summed E-state index contributed by atoms with van der Waals surface area (Å²) in [5.74, 6) is 2.43. The molecule has 5 aromatic heterocycles. The number of carbonyl (C=O) groups is 7. The summed E-state index contributed by atoms with van der Waals surface area (Å²) in [6, 6.07) is 20.3. The number of pyridine rings is 1. The summed E-state index contributed by atoms with van der Waals surface area (Å²) in [5.41, 5.74) is 18.1. The smallest absolute Gasteiger partial charge is 0.474 e. The number of carboxylic acids is 1. The topological polar surface area (TPSA) is 455 Å². The number of carbonyl (C=O) groups excluding carboxylic acids is 6. The van der Waals surface area contributed by atoms with E-state index in [1.807, 2.05) is 28.6 Å². The Labute approximate surface area is 793 Å². The van der Waals surface area contributed by atoms with Crippen LogP contribution in [0.1, 0.15) is 133 Å². The number of fused-ring (bicyclic) bond motifs is 4. The first kappa shape index (κ1) is 110. The Morgan fingerprint density at radius 2 is 0.752 bits per heavy atom. The molecule has 0 saturated carbocycles. The number of hydrogen-bond acceptors (Lipinski definition) is 29. The fourth-order valence-corrected chi connectivity index (χ4v) is 15.4. The van der Waals surface area contributed by atoms with E-state index in [0.29, 0.717) is 45.8 Å². The van der Waals surface area contributed by atoms with Crippen LogP contribution in [0.5, 0.6) is 0 Å². The van der Waals surface area contributed by atoms with Gasteiger partial charge in [0.15, 0.2) is 12.4 Å². The molecule has 4 aliphatic heterocycles. The zero-order valence-electron chi connectivity index (χ0n) is 80.2. The van der Waals surface area contributed by atoms with E-state index >= 15 is 0 Å². The molecule has 0 radical (unpaired) electrons. The third kappa shape index (κ3) is 34.8. The number of nitrogens with zero attached hydrogens (tertiary/aromatic N) is 17. The molecule has 13 rings (SSSR count). The van der Waals surface area contributed by atoms with Crippen molar-refractivity contribution in [3.63, 3.8) is 0 Å². The fraction of sp³-hybridized carbons (Fsp3) is 0.516. The van der Waals surface area contributed by atoms with Crippen LogP contribution in [-0.4, -0.2) is 287 Å². The number of alkyl carbamates (subject to hydrolysis) is 2. The van der Waals surface area contributed by atoms with Gasteiger partial charge in [0.05, 0.1) is 41.4 Å². The van der Waals surface area contributed by atoms with Gasteiger partial charge in [-0.15, -0.1) is 20.8 Å². The van der Waals surface area contributed by atoms with Crippen molar-refractivity contribution >= 4 is 147 Å². The SMILES string of the molecule is CC(C)(C)OC(=O)NCC(=O)O.CN(C)c1cc[n+](S(=O)(=O)NC(=O)OC(C)(C)C)cc1.Cc1cc2ncnc(N3CCCN(C(=O)CN)CC3)c2cc1C.Cc1cc2ncnc(N3CCCN(C(=O)CNC(=O)OC(C)(C)C)CC3)c2cc1C.Cc1cc2ncnc(N3CCCN(C(=O)CNS(C)(=O)=O)CC3)c2cc1C.Cc1cc2ncnc(N3CCCNCC3)c2cc1C.Cl.[Cl-]. The molecule has 38 nitrogen and oxygen atoms in total. The van der Waals surface area contributed by atoms with Crippen LogP contribution in [0.4, 0.5) is 43.3 Å².